The van der Waals surface area contributed by atoms with E-state index in [4.69, 9.17) is 25.8 Å². The molecule has 1 aromatic heterocycles. The lowest BCUT2D eigenvalue weighted by Crippen LogP contribution is -2.20. The number of carbonyl (C=O) groups excluding carboxylic acids is 2. The van der Waals surface area contributed by atoms with Crippen LogP contribution in [0.25, 0.3) is 0 Å². The van der Waals surface area contributed by atoms with Crippen LogP contribution in [0, 0.1) is 20.8 Å². The number of Topliss-reactive ketones (excluding diaryl/α,β-unsaturated/α-hetero) is 1. The number of ketones is 1. The first-order chi connectivity index (χ1) is 13.8. The van der Waals surface area contributed by atoms with Gasteiger partial charge in [-0.3, -0.25) is 4.79 Å². The van der Waals surface area contributed by atoms with Crippen LogP contribution >= 0.6 is 11.6 Å². The average molecular weight is 420 g/mol. The highest BCUT2D eigenvalue weighted by Gasteiger charge is 2.21. The van der Waals surface area contributed by atoms with Gasteiger partial charge in [0.2, 0.25) is 5.78 Å². The van der Waals surface area contributed by atoms with Crippen LogP contribution in [0.5, 0.6) is 5.75 Å². The normalized spacial score (nSPS) is 16.1. The third kappa shape index (κ3) is 5.40. The number of aromatic nitrogens is 1. The van der Waals surface area contributed by atoms with Gasteiger partial charge < -0.3 is 18.8 Å². The molecule has 7 heteroatoms. The van der Waals surface area contributed by atoms with E-state index in [0.29, 0.717) is 16.3 Å². The highest BCUT2D eigenvalue weighted by Crippen LogP contribution is 2.22. The molecule has 0 bridgehead atoms. The molecule has 1 aromatic carbocycles. The van der Waals surface area contributed by atoms with Crippen molar-refractivity contribution in [3.8, 4) is 5.75 Å². The molecule has 2 aromatic rings. The fourth-order valence-corrected chi connectivity index (χ4v) is 3.76. The summed E-state index contributed by atoms with van der Waals surface area (Å²) in [5.41, 5.74) is 3.25. The monoisotopic (exact) mass is 419 g/mol. The minimum absolute atomic E-state index is 0.189. The first-order valence-corrected chi connectivity index (χ1v) is 10.1. The smallest absolute Gasteiger partial charge is 0.344 e. The largest absolute Gasteiger partial charge is 0.482 e. The Kier molecular flexibility index (Phi) is 6.98. The van der Waals surface area contributed by atoms with Crippen LogP contribution in [-0.2, 0) is 20.8 Å². The van der Waals surface area contributed by atoms with Gasteiger partial charge in [0.1, 0.15) is 5.75 Å². The second-order valence-corrected chi connectivity index (χ2v) is 7.75. The molecule has 1 atom stereocenters. The second kappa shape index (κ2) is 9.46. The molecule has 156 valence electrons. The van der Waals surface area contributed by atoms with E-state index >= 15 is 0 Å². The van der Waals surface area contributed by atoms with Gasteiger partial charge in [-0.1, -0.05) is 11.6 Å². The molecule has 0 spiro atoms. The molecule has 0 amide bonds. The molecule has 2 heterocycles. The van der Waals surface area contributed by atoms with Gasteiger partial charge in [-0.2, -0.15) is 0 Å². The molecule has 0 saturated carbocycles. The lowest BCUT2D eigenvalue weighted by atomic mass is 10.1. The Morgan fingerprint density at radius 2 is 2.00 bits per heavy atom. The van der Waals surface area contributed by atoms with Gasteiger partial charge in [-0.25, -0.2) is 4.79 Å². The first-order valence-electron chi connectivity index (χ1n) is 9.71. The number of halogens is 1. The number of rotatable bonds is 8. The highest BCUT2D eigenvalue weighted by molar-refractivity contribution is 6.30. The second-order valence-electron chi connectivity index (χ2n) is 7.31. The van der Waals surface area contributed by atoms with Crippen molar-refractivity contribution in [3.05, 3.63) is 51.8 Å². The fraction of sp³-hybridized carbons (Fsp3) is 0.455. The predicted octanol–water partition coefficient (Wildman–Crippen LogP) is 4.05. The number of carbonyl (C=O) groups is 2. The van der Waals surface area contributed by atoms with Crippen molar-refractivity contribution in [2.75, 3.05) is 19.8 Å². The zero-order valence-corrected chi connectivity index (χ0v) is 17.8. The summed E-state index contributed by atoms with van der Waals surface area (Å²) in [5.74, 6) is -0.274. The molecule has 0 N–H and O–H groups in total. The van der Waals surface area contributed by atoms with Crippen molar-refractivity contribution >= 4 is 23.4 Å². The number of aryl methyl sites for hydroxylation is 2. The summed E-state index contributed by atoms with van der Waals surface area (Å²) in [6, 6.07) is 6.97. The van der Waals surface area contributed by atoms with Crippen LogP contribution < -0.4 is 4.74 Å². The van der Waals surface area contributed by atoms with E-state index in [-0.39, 0.29) is 25.1 Å². The maximum Gasteiger partial charge on any atom is 0.344 e. The van der Waals surface area contributed by atoms with E-state index in [1.54, 1.807) is 18.2 Å². The van der Waals surface area contributed by atoms with E-state index in [1.807, 2.05) is 26.8 Å². The maximum absolute atomic E-state index is 12.6. The summed E-state index contributed by atoms with van der Waals surface area (Å²) in [7, 11) is 0. The van der Waals surface area contributed by atoms with Crippen molar-refractivity contribution in [1.29, 1.82) is 0 Å². The zero-order chi connectivity index (χ0) is 21.0. The van der Waals surface area contributed by atoms with Crippen LogP contribution in [0.4, 0.5) is 0 Å². The Labute approximate surface area is 175 Å². The lowest BCUT2D eigenvalue weighted by Gasteiger charge is -2.14. The SMILES string of the molecule is Cc1cc(Cl)ccc1OCC(=O)OCC(=O)c1cc(C)n(C[C@@H]2CCCO2)c1C. The van der Waals surface area contributed by atoms with Gasteiger partial charge in [-0.15, -0.1) is 0 Å². The molecule has 1 saturated heterocycles. The van der Waals surface area contributed by atoms with Crippen molar-refractivity contribution in [2.24, 2.45) is 0 Å². The van der Waals surface area contributed by atoms with Crippen molar-refractivity contribution in [1.82, 2.24) is 4.57 Å². The molecule has 0 aliphatic carbocycles. The zero-order valence-electron chi connectivity index (χ0n) is 17.0. The Morgan fingerprint density at radius 3 is 2.69 bits per heavy atom. The topological polar surface area (TPSA) is 66.8 Å². The van der Waals surface area contributed by atoms with Crippen LogP contribution in [0.15, 0.2) is 24.3 Å². The summed E-state index contributed by atoms with van der Waals surface area (Å²) in [5, 5.41) is 0.597. The minimum atomic E-state index is -0.596. The van der Waals surface area contributed by atoms with Crippen LogP contribution in [0.2, 0.25) is 5.02 Å². The van der Waals surface area contributed by atoms with Crippen LogP contribution in [0.3, 0.4) is 0 Å². The molecule has 1 aliphatic rings. The van der Waals surface area contributed by atoms with Crippen molar-refractivity contribution in [2.45, 2.75) is 46.3 Å². The third-order valence-electron chi connectivity index (χ3n) is 5.13. The van der Waals surface area contributed by atoms with E-state index < -0.39 is 5.97 Å². The van der Waals surface area contributed by atoms with Crippen molar-refractivity contribution < 1.29 is 23.8 Å². The number of ether oxygens (including phenoxy) is 3. The number of esters is 1. The molecule has 3 rings (SSSR count). The fourth-order valence-electron chi connectivity index (χ4n) is 3.53. The van der Waals surface area contributed by atoms with Gasteiger partial charge in [0, 0.05) is 35.1 Å². The lowest BCUT2D eigenvalue weighted by molar-refractivity contribution is -0.144. The molecule has 6 nitrogen and oxygen atoms in total. The number of nitrogens with zero attached hydrogens (tertiary/aromatic N) is 1. The maximum atomic E-state index is 12.6. The molecular formula is C22H26ClNO5. The van der Waals surface area contributed by atoms with E-state index in [2.05, 4.69) is 4.57 Å². The molecular weight excluding hydrogens is 394 g/mol. The Bertz CT molecular complexity index is 899. The first kappa shape index (κ1) is 21.4. The summed E-state index contributed by atoms with van der Waals surface area (Å²) >= 11 is 5.90. The van der Waals surface area contributed by atoms with Gasteiger partial charge in [0.05, 0.1) is 6.10 Å². The standard InChI is InChI=1S/C22H26ClNO5/c1-14-9-17(23)6-7-21(14)28-13-22(26)29-12-20(25)19-10-15(2)24(16(19)3)11-18-5-4-8-27-18/h6-7,9-10,18H,4-5,8,11-13H2,1-3H3/t18-/m0/s1. The third-order valence-corrected chi connectivity index (χ3v) is 5.37. The van der Waals surface area contributed by atoms with E-state index in [9.17, 15) is 9.59 Å². The molecule has 0 unspecified atom stereocenters. The summed E-state index contributed by atoms with van der Waals surface area (Å²) in [4.78, 5) is 24.5. The van der Waals surface area contributed by atoms with Gasteiger partial charge in [0.25, 0.3) is 0 Å². The van der Waals surface area contributed by atoms with E-state index in [1.165, 1.54) is 0 Å². The van der Waals surface area contributed by atoms with Gasteiger partial charge in [0.15, 0.2) is 13.2 Å². The number of benzene rings is 1. The minimum Gasteiger partial charge on any atom is -0.482 e. The summed E-state index contributed by atoms with van der Waals surface area (Å²) < 4.78 is 18.4. The Hall–Kier alpha value is -2.31. The molecule has 1 fully saturated rings. The predicted molar refractivity (Wildman–Crippen MR) is 110 cm³/mol. The molecule has 1 aliphatic heterocycles. The Balaban J connectivity index is 1.52. The van der Waals surface area contributed by atoms with Crippen LogP contribution in [-0.4, -0.2) is 42.2 Å². The van der Waals surface area contributed by atoms with Crippen LogP contribution in [0.1, 0.15) is 40.2 Å². The van der Waals surface area contributed by atoms with Gasteiger partial charge in [-0.05, 0) is 63.4 Å². The Morgan fingerprint density at radius 1 is 1.21 bits per heavy atom. The van der Waals surface area contributed by atoms with Crippen molar-refractivity contribution in [3.63, 3.8) is 0 Å². The highest BCUT2D eigenvalue weighted by atomic mass is 35.5. The summed E-state index contributed by atoms with van der Waals surface area (Å²) in [6.07, 6.45) is 2.29. The molecule has 29 heavy (non-hydrogen) atoms. The quantitative estimate of drug-likeness (QED) is 0.477. The van der Waals surface area contributed by atoms with E-state index in [0.717, 1.165) is 42.9 Å². The van der Waals surface area contributed by atoms with Gasteiger partial charge >= 0.3 is 5.97 Å². The molecule has 0 radical (unpaired) electrons. The number of hydrogen-bond donors (Lipinski definition) is 0. The number of hydrogen-bond acceptors (Lipinski definition) is 5. The average Bonchev–Trinajstić information content (AvgIpc) is 3.29. The summed E-state index contributed by atoms with van der Waals surface area (Å²) in [6.45, 7) is 6.65.